The maximum atomic E-state index is 13.4. The molecule has 0 bridgehead atoms. The predicted molar refractivity (Wildman–Crippen MR) is 144 cm³/mol. The molecule has 1 fully saturated rings. The van der Waals surface area contributed by atoms with Crippen LogP contribution >= 0.6 is 23.2 Å². The van der Waals surface area contributed by atoms with Gasteiger partial charge in [0.05, 0.1) is 41.0 Å². The normalized spacial score (nSPS) is 14.4. The fraction of sp³-hybridized carbons (Fsp3) is 0.370. The number of piperidine rings is 1. The van der Waals surface area contributed by atoms with Gasteiger partial charge in [-0.25, -0.2) is 9.48 Å². The Labute approximate surface area is 226 Å². The standard InChI is InChI=1S/C27H30Cl2N4O4/c1-27(2,3)37-26(35)32-13-11-17(12-14-32)24-21(25(34)31-23-15-18(28)5-10-22(23)29)16-30-33(24)19-6-8-20(36-4)9-7-19/h5-10,15-17H,11-14H2,1-4H3,(H,31,34). The molecule has 1 N–H and O–H groups in total. The van der Waals surface area contributed by atoms with Crippen LogP contribution in [-0.4, -0.2) is 52.5 Å². The van der Waals surface area contributed by atoms with Gasteiger partial charge < -0.3 is 19.7 Å². The van der Waals surface area contributed by atoms with Crippen molar-refractivity contribution < 1.29 is 19.1 Å². The first-order valence-electron chi connectivity index (χ1n) is 12.0. The molecule has 3 aromatic rings. The maximum absolute atomic E-state index is 13.4. The van der Waals surface area contributed by atoms with E-state index < -0.39 is 5.60 Å². The third kappa shape index (κ3) is 6.37. The van der Waals surface area contributed by atoms with Crippen molar-refractivity contribution in [2.24, 2.45) is 0 Å². The monoisotopic (exact) mass is 544 g/mol. The zero-order chi connectivity index (χ0) is 26.7. The third-order valence-electron chi connectivity index (χ3n) is 6.08. The number of methoxy groups -OCH3 is 1. The number of benzene rings is 2. The fourth-order valence-corrected chi connectivity index (χ4v) is 4.64. The molecule has 2 heterocycles. The van der Waals surface area contributed by atoms with Crippen LogP contribution in [0, 0.1) is 0 Å². The van der Waals surface area contributed by atoms with E-state index in [9.17, 15) is 9.59 Å². The number of anilines is 1. The number of carbonyl (C=O) groups excluding carboxylic acids is 2. The van der Waals surface area contributed by atoms with Gasteiger partial charge in [-0.05, 0) is 76.1 Å². The van der Waals surface area contributed by atoms with Gasteiger partial charge in [-0.3, -0.25) is 4.79 Å². The van der Waals surface area contributed by atoms with E-state index in [0.717, 1.165) is 17.1 Å². The Morgan fingerprint density at radius 1 is 1.05 bits per heavy atom. The molecule has 0 atom stereocenters. The second kappa shape index (κ2) is 11.0. The molecule has 1 saturated heterocycles. The summed E-state index contributed by atoms with van der Waals surface area (Å²) in [5, 5.41) is 8.29. The van der Waals surface area contributed by atoms with Crippen LogP contribution in [0.5, 0.6) is 5.75 Å². The minimum Gasteiger partial charge on any atom is -0.497 e. The number of rotatable bonds is 5. The van der Waals surface area contributed by atoms with Gasteiger partial charge in [-0.1, -0.05) is 23.2 Å². The lowest BCUT2D eigenvalue weighted by atomic mass is 9.90. The van der Waals surface area contributed by atoms with Gasteiger partial charge in [0.15, 0.2) is 0 Å². The van der Waals surface area contributed by atoms with Gasteiger partial charge in [0.25, 0.3) is 5.91 Å². The molecule has 2 aromatic carbocycles. The summed E-state index contributed by atoms with van der Waals surface area (Å²) in [5.41, 5.74) is 1.85. The number of hydrogen-bond acceptors (Lipinski definition) is 5. The lowest BCUT2D eigenvalue weighted by Gasteiger charge is -2.34. The molecule has 1 aliphatic heterocycles. The molecule has 0 unspecified atom stereocenters. The van der Waals surface area contributed by atoms with Crippen molar-refractivity contribution >= 4 is 40.9 Å². The summed E-state index contributed by atoms with van der Waals surface area (Å²) in [6.45, 7) is 6.56. The Bertz CT molecular complexity index is 1280. The highest BCUT2D eigenvalue weighted by atomic mass is 35.5. The average molecular weight is 545 g/mol. The summed E-state index contributed by atoms with van der Waals surface area (Å²) in [6, 6.07) is 12.4. The summed E-state index contributed by atoms with van der Waals surface area (Å²) in [6.07, 6.45) is 2.54. The number of carbonyl (C=O) groups is 2. The lowest BCUT2D eigenvalue weighted by Crippen LogP contribution is -2.41. The maximum Gasteiger partial charge on any atom is 0.410 e. The second-order valence-electron chi connectivity index (χ2n) is 9.87. The number of hydrogen-bond donors (Lipinski definition) is 1. The molecule has 0 spiro atoms. The van der Waals surface area contributed by atoms with Crippen molar-refractivity contribution in [1.82, 2.24) is 14.7 Å². The quantitative estimate of drug-likeness (QED) is 0.393. The molecule has 0 radical (unpaired) electrons. The summed E-state index contributed by atoms with van der Waals surface area (Å²) < 4.78 is 12.6. The molecule has 8 nitrogen and oxygen atoms in total. The molecule has 0 aliphatic carbocycles. The Balaban J connectivity index is 1.64. The number of nitrogens with one attached hydrogen (secondary N) is 1. The topological polar surface area (TPSA) is 85.7 Å². The molecule has 4 rings (SSSR count). The van der Waals surface area contributed by atoms with Gasteiger partial charge in [-0.2, -0.15) is 5.10 Å². The van der Waals surface area contributed by atoms with Crippen molar-refractivity contribution in [3.8, 4) is 11.4 Å². The fourth-order valence-electron chi connectivity index (χ4n) is 4.30. The van der Waals surface area contributed by atoms with Crippen LogP contribution in [0.3, 0.4) is 0 Å². The van der Waals surface area contributed by atoms with Gasteiger partial charge in [-0.15, -0.1) is 0 Å². The molecule has 1 aliphatic rings. The van der Waals surface area contributed by atoms with Crippen molar-refractivity contribution in [1.29, 1.82) is 0 Å². The van der Waals surface area contributed by atoms with Gasteiger partial charge in [0.2, 0.25) is 0 Å². The molecule has 37 heavy (non-hydrogen) atoms. The highest BCUT2D eigenvalue weighted by Crippen LogP contribution is 2.34. The van der Waals surface area contributed by atoms with E-state index in [0.29, 0.717) is 47.2 Å². The first kappa shape index (κ1) is 26.8. The highest BCUT2D eigenvalue weighted by Gasteiger charge is 2.32. The number of likely N-dealkylation sites (tertiary alicyclic amines) is 1. The SMILES string of the molecule is COc1ccc(-n2ncc(C(=O)Nc3cc(Cl)ccc3Cl)c2C2CCN(C(=O)OC(C)(C)C)CC2)cc1. The first-order valence-corrected chi connectivity index (χ1v) is 12.8. The second-order valence-corrected chi connectivity index (χ2v) is 10.7. The Morgan fingerprint density at radius 3 is 2.35 bits per heavy atom. The van der Waals surface area contributed by atoms with Crippen molar-refractivity contribution in [3.05, 3.63) is 70.0 Å². The molecule has 10 heteroatoms. The van der Waals surface area contributed by atoms with Crippen LogP contribution in [0.4, 0.5) is 10.5 Å². The van der Waals surface area contributed by atoms with E-state index in [1.165, 1.54) is 0 Å². The minimum atomic E-state index is -0.562. The van der Waals surface area contributed by atoms with Gasteiger partial charge >= 0.3 is 6.09 Å². The zero-order valence-electron chi connectivity index (χ0n) is 21.3. The number of nitrogens with zero attached hydrogens (tertiary/aromatic N) is 3. The minimum absolute atomic E-state index is 0.0149. The molecular weight excluding hydrogens is 515 g/mol. The average Bonchev–Trinajstić information content (AvgIpc) is 3.31. The molecule has 2 amide bonds. The van der Waals surface area contributed by atoms with Crippen molar-refractivity contribution in [3.63, 3.8) is 0 Å². The summed E-state index contributed by atoms with van der Waals surface area (Å²) in [5.74, 6) is 0.365. The number of halogens is 2. The Kier molecular flexibility index (Phi) is 7.99. The third-order valence-corrected chi connectivity index (χ3v) is 6.64. The zero-order valence-corrected chi connectivity index (χ0v) is 22.8. The van der Waals surface area contributed by atoms with Crippen LogP contribution < -0.4 is 10.1 Å². The first-order chi connectivity index (χ1) is 17.6. The van der Waals surface area contributed by atoms with E-state index in [-0.39, 0.29) is 17.9 Å². The molecular formula is C27H30Cl2N4O4. The van der Waals surface area contributed by atoms with E-state index in [1.807, 2.05) is 45.0 Å². The van der Waals surface area contributed by atoms with Crippen LogP contribution in [0.1, 0.15) is 55.6 Å². The van der Waals surface area contributed by atoms with Crippen LogP contribution in [0.2, 0.25) is 10.0 Å². The largest absolute Gasteiger partial charge is 0.497 e. The highest BCUT2D eigenvalue weighted by molar-refractivity contribution is 6.35. The Morgan fingerprint density at radius 2 is 1.73 bits per heavy atom. The van der Waals surface area contributed by atoms with Crippen molar-refractivity contribution in [2.75, 3.05) is 25.5 Å². The molecule has 0 saturated carbocycles. The van der Waals surface area contributed by atoms with Crippen LogP contribution in [0.15, 0.2) is 48.7 Å². The van der Waals surface area contributed by atoms with E-state index in [4.69, 9.17) is 32.7 Å². The summed E-state index contributed by atoms with van der Waals surface area (Å²) in [7, 11) is 1.61. The lowest BCUT2D eigenvalue weighted by molar-refractivity contribution is 0.0203. The molecule has 1 aromatic heterocycles. The Hall–Kier alpha value is -3.23. The number of amides is 2. The number of ether oxygens (including phenoxy) is 2. The number of aromatic nitrogens is 2. The predicted octanol–water partition coefficient (Wildman–Crippen LogP) is 6.55. The smallest absolute Gasteiger partial charge is 0.410 e. The van der Waals surface area contributed by atoms with Gasteiger partial charge in [0.1, 0.15) is 11.4 Å². The van der Waals surface area contributed by atoms with Gasteiger partial charge in [0, 0.05) is 24.0 Å². The summed E-state index contributed by atoms with van der Waals surface area (Å²) >= 11 is 12.4. The molecule has 196 valence electrons. The van der Waals surface area contributed by atoms with E-state index >= 15 is 0 Å². The van der Waals surface area contributed by atoms with E-state index in [2.05, 4.69) is 10.4 Å². The van der Waals surface area contributed by atoms with Crippen LogP contribution in [0.25, 0.3) is 5.69 Å². The van der Waals surface area contributed by atoms with E-state index in [1.54, 1.807) is 41.1 Å². The van der Waals surface area contributed by atoms with Crippen molar-refractivity contribution in [2.45, 2.75) is 45.1 Å². The summed E-state index contributed by atoms with van der Waals surface area (Å²) in [4.78, 5) is 27.7. The van der Waals surface area contributed by atoms with Crippen LogP contribution in [-0.2, 0) is 4.74 Å².